The lowest BCUT2D eigenvalue weighted by molar-refractivity contribution is 0.0900. The highest BCUT2D eigenvalue weighted by Gasteiger charge is 2.19. The van der Waals surface area contributed by atoms with Crippen molar-refractivity contribution in [2.75, 3.05) is 6.54 Å². The van der Waals surface area contributed by atoms with Gasteiger partial charge in [0.2, 0.25) is 5.89 Å². The first-order valence-electron chi connectivity index (χ1n) is 7.16. The summed E-state index contributed by atoms with van der Waals surface area (Å²) in [6.45, 7) is 3.76. The quantitative estimate of drug-likeness (QED) is 0.751. The topological polar surface area (TPSA) is 98.2 Å². The highest BCUT2D eigenvalue weighted by Crippen LogP contribution is 2.18. The zero-order chi connectivity index (χ0) is 17.0. The molecule has 2 rings (SSSR count). The third-order valence-electron chi connectivity index (χ3n) is 3.33. The van der Waals surface area contributed by atoms with Crippen LogP contribution >= 0.6 is 15.9 Å². The molecular formula is C16H18BrN3O3. The maximum Gasteiger partial charge on any atom is 0.273 e. The molecular weight excluding hydrogens is 362 g/mol. The summed E-state index contributed by atoms with van der Waals surface area (Å²) in [5.74, 6) is -0.206. The van der Waals surface area contributed by atoms with E-state index in [2.05, 4.69) is 26.2 Å². The summed E-state index contributed by atoms with van der Waals surface area (Å²) >= 11 is 3.30. The number of hydrogen-bond donors (Lipinski definition) is 2. The predicted octanol–water partition coefficient (Wildman–Crippen LogP) is 2.71. The average Bonchev–Trinajstić information content (AvgIpc) is 3.02. The molecule has 0 bridgehead atoms. The zero-order valence-electron chi connectivity index (χ0n) is 12.9. The van der Waals surface area contributed by atoms with Crippen LogP contribution in [-0.4, -0.2) is 23.2 Å². The van der Waals surface area contributed by atoms with Crippen molar-refractivity contribution in [3.05, 3.63) is 52.1 Å². The van der Waals surface area contributed by atoms with Gasteiger partial charge >= 0.3 is 0 Å². The minimum absolute atomic E-state index is 0.111. The summed E-state index contributed by atoms with van der Waals surface area (Å²) in [5.41, 5.74) is 6.55. The number of ketones is 1. The number of aromatic nitrogens is 1. The molecule has 0 aliphatic rings. The monoisotopic (exact) mass is 379 g/mol. The van der Waals surface area contributed by atoms with Crippen LogP contribution in [0.1, 0.15) is 46.6 Å². The van der Waals surface area contributed by atoms with Gasteiger partial charge < -0.3 is 15.5 Å². The van der Waals surface area contributed by atoms with E-state index in [1.54, 1.807) is 24.3 Å². The number of amides is 1. The molecule has 1 amide bonds. The SMILES string of the molecule is CC(C)C(N)c1nc(C(=O)NCC(=O)c2ccc(Br)cc2)co1. The largest absolute Gasteiger partial charge is 0.446 e. The van der Waals surface area contributed by atoms with Crippen LogP contribution in [0.5, 0.6) is 0 Å². The van der Waals surface area contributed by atoms with Gasteiger partial charge in [0.15, 0.2) is 11.5 Å². The zero-order valence-corrected chi connectivity index (χ0v) is 14.5. The highest BCUT2D eigenvalue weighted by atomic mass is 79.9. The third-order valence-corrected chi connectivity index (χ3v) is 3.86. The van der Waals surface area contributed by atoms with Gasteiger partial charge in [-0.05, 0) is 18.1 Å². The van der Waals surface area contributed by atoms with Crippen molar-refractivity contribution < 1.29 is 14.0 Å². The van der Waals surface area contributed by atoms with Crippen molar-refractivity contribution in [3.63, 3.8) is 0 Å². The number of halogens is 1. The number of carbonyl (C=O) groups excluding carboxylic acids is 2. The number of hydrogen-bond acceptors (Lipinski definition) is 5. The van der Waals surface area contributed by atoms with Gasteiger partial charge in [0.05, 0.1) is 12.6 Å². The van der Waals surface area contributed by atoms with E-state index in [1.165, 1.54) is 6.26 Å². The maximum atomic E-state index is 12.0. The Morgan fingerprint density at radius 2 is 1.96 bits per heavy atom. The summed E-state index contributed by atoms with van der Waals surface area (Å²) < 4.78 is 6.11. The molecule has 0 saturated heterocycles. The Hall–Kier alpha value is -1.99. The molecule has 1 heterocycles. The minimum atomic E-state index is -0.471. The van der Waals surface area contributed by atoms with E-state index in [4.69, 9.17) is 10.2 Å². The summed E-state index contributed by atoms with van der Waals surface area (Å²) in [6.07, 6.45) is 1.25. The number of nitrogens with zero attached hydrogens (tertiary/aromatic N) is 1. The van der Waals surface area contributed by atoms with E-state index in [-0.39, 0.29) is 30.0 Å². The molecule has 23 heavy (non-hydrogen) atoms. The van der Waals surface area contributed by atoms with Gasteiger partial charge in [-0.1, -0.05) is 41.9 Å². The Morgan fingerprint density at radius 3 is 2.57 bits per heavy atom. The fourth-order valence-electron chi connectivity index (χ4n) is 1.82. The van der Waals surface area contributed by atoms with Crippen molar-refractivity contribution >= 4 is 27.6 Å². The van der Waals surface area contributed by atoms with Crippen molar-refractivity contribution in [3.8, 4) is 0 Å². The molecule has 1 unspecified atom stereocenters. The fourth-order valence-corrected chi connectivity index (χ4v) is 2.08. The van der Waals surface area contributed by atoms with E-state index in [9.17, 15) is 9.59 Å². The lowest BCUT2D eigenvalue weighted by Gasteiger charge is -2.10. The molecule has 0 saturated carbocycles. The molecule has 7 heteroatoms. The molecule has 0 aliphatic carbocycles. The Kier molecular flexibility index (Phi) is 5.68. The lowest BCUT2D eigenvalue weighted by Crippen LogP contribution is -2.30. The second-order valence-electron chi connectivity index (χ2n) is 5.45. The number of carbonyl (C=O) groups is 2. The van der Waals surface area contributed by atoms with Crippen LogP contribution in [0.2, 0.25) is 0 Å². The first-order chi connectivity index (χ1) is 10.9. The van der Waals surface area contributed by atoms with Gasteiger partial charge in [0.25, 0.3) is 5.91 Å². The number of nitrogens with two attached hydrogens (primary N) is 1. The molecule has 1 aromatic heterocycles. The van der Waals surface area contributed by atoms with Gasteiger partial charge in [-0.25, -0.2) is 4.98 Å². The Balaban J connectivity index is 1.94. The summed E-state index contributed by atoms with van der Waals surface area (Å²) in [6, 6.07) is 6.54. The van der Waals surface area contributed by atoms with Crippen molar-refractivity contribution in [1.29, 1.82) is 0 Å². The van der Waals surface area contributed by atoms with Crippen LogP contribution in [0.15, 0.2) is 39.4 Å². The van der Waals surface area contributed by atoms with Gasteiger partial charge in [-0.3, -0.25) is 9.59 Å². The van der Waals surface area contributed by atoms with Gasteiger partial charge in [0.1, 0.15) is 6.26 Å². The van der Waals surface area contributed by atoms with Crippen molar-refractivity contribution in [2.45, 2.75) is 19.9 Å². The smallest absolute Gasteiger partial charge is 0.273 e. The van der Waals surface area contributed by atoms with E-state index in [0.717, 1.165) is 4.47 Å². The Bertz CT molecular complexity index is 695. The van der Waals surface area contributed by atoms with Crippen LogP contribution in [0, 0.1) is 5.92 Å². The number of Topliss-reactive ketones (excluding diaryl/α,β-unsaturated/α-hetero) is 1. The second-order valence-corrected chi connectivity index (χ2v) is 6.37. The van der Waals surface area contributed by atoms with E-state index in [1.807, 2.05) is 13.8 Å². The predicted molar refractivity (Wildman–Crippen MR) is 89.1 cm³/mol. The van der Waals surface area contributed by atoms with Crippen LogP contribution in [0.25, 0.3) is 0 Å². The number of oxazole rings is 1. The molecule has 0 fully saturated rings. The molecule has 2 aromatic rings. The van der Waals surface area contributed by atoms with Crippen LogP contribution < -0.4 is 11.1 Å². The number of nitrogens with one attached hydrogen (secondary N) is 1. The standard InChI is InChI=1S/C16H18BrN3O3/c1-9(2)14(18)16-20-12(8-23-16)15(22)19-7-13(21)10-3-5-11(17)6-4-10/h3-6,8-9,14H,7,18H2,1-2H3,(H,19,22). The lowest BCUT2D eigenvalue weighted by atomic mass is 10.1. The number of benzene rings is 1. The average molecular weight is 380 g/mol. The Morgan fingerprint density at radius 1 is 1.30 bits per heavy atom. The number of rotatable bonds is 6. The first-order valence-corrected chi connectivity index (χ1v) is 7.95. The van der Waals surface area contributed by atoms with Gasteiger partial charge in [-0.2, -0.15) is 0 Å². The third kappa shape index (κ3) is 4.49. The molecule has 1 atom stereocenters. The molecule has 6 nitrogen and oxygen atoms in total. The van der Waals surface area contributed by atoms with Crippen molar-refractivity contribution in [2.24, 2.45) is 11.7 Å². The first kappa shape index (κ1) is 17.4. The van der Waals surface area contributed by atoms with E-state index in [0.29, 0.717) is 11.5 Å². The summed E-state index contributed by atoms with van der Waals surface area (Å²) in [5, 5.41) is 2.53. The second kappa shape index (κ2) is 7.52. The fraction of sp³-hybridized carbons (Fsp3) is 0.312. The Labute approximate surface area is 142 Å². The van der Waals surface area contributed by atoms with Crippen LogP contribution in [0.4, 0.5) is 0 Å². The maximum absolute atomic E-state index is 12.0. The summed E-state index contributed by atoms with van der Waals surface area (Å²) in [7, 11) is 0. The van der Waals surface area contributed by atoms with Gasteiger partial charge in [-0.15, -0.1) is 0 Å². The van der Waals surface area contributed by atoms with E-state index < -0.39 is 5.91 Å². The van der Waals surface area contributed by atoms with E-state index >= 15 is 0 Å². The minimum Gasteiger partial charge on any atom is -0.446 e. The summed E-state index contributed by atoms with van der Waals surface area (Å²) in [4.78, 5) is 28.1. The molecule has 3 N–H and O–H groups in total. The van der Waals surface area contributed by atoms with Gasteiger partial charge in [0, 0.05) is 10.0 Å². The van der Waals surface area contributed by atoms with Crippen LogP contribution in [-0.2, 0) is 0 Å². The highest BCUT2D eigenvalue weighted by molar-refractivity contribution is 9.10. The molecule has 0 spiro atoms. The molecule has 0 radical (unpaired) electrons. The normalized spacial score (nSPS) is 12.2. The molecule has 122 valence electrons. The van der Waals surface area contributed by atoms with Crippen molar-refractivity contribution in [1.82, 2.24) is 10.3 Å². The molecule has 0 aliphatic heterocycles. The molecule has 1 aromatic carbocycles. The van der Waals surface area contributed by atoms with Crippen LogP contribution in [0.3, 0.4) is 0 Å².